The standard InChI is InChI=1S/C16H23ClN2/c1-13(14-6-8-15(17)9-7-14)19-11-5-4-10-16(2,3)12-18/h6-9,13,19H,4-5,10-11H2,1-3H3/t13-/m1/s1. The van der Waals surface area contributed by atoms with Gasteiger partial charge in [0.1, 0.15) is 0 Å². The van der Waals surface area contributed by atoms with Crippen LogP contribution in [0.15, 0.2) is 24.3 Å². The van der Waals surface area contributed by atoms with Gasteiger partial charge in [-0.2, -0.15) is 5.26 Å². The second-order valence-corrected chi connectivity index (χ2v) is 6.12. The van der Waals surface area contributed by atoms with Crippen LogP contribution in [-0.4, -0.2) is 6.54 Å². The maximum atomic E-state index is 8.93. The van der Waals surface area contributed by atoms with Crippen LogP contribution in [0, 0.1) is 16.7 Å². The van der Waals surface area contributed by atoms with Crippen molar-refractivity contribution >= 4 is 11.6 Å². The largest absolute Gasteiger partial charge is 0.310 e. The molecule has 0 fully saturated rings. The third-order valence-corrected chi connectivity index (χ3v) is 3.60. The van der Waals surface area contributed by atoms with Crippen molar-refractivity contribution in [2.45, 2.75) is 46.1 Å². The van der Waals surface area contributed by atoms with Crippen molar-refractivity contribution in [2.75, 3.05) is 6.54 Å². The Morgan fingerprint density at radius 2 is 1.89 bits per heavy atom. The second-order valence-electron chi connectivity index (χ2n) is 5.68. The Morgan fingerprint density at radius 3 is 2.47 bits per heavy atom. The average molecular weight is 279 g/mol. The van der Waals surface area contributed by atoms with E-state index in [1.807, 2.05) is 26.0 Å². The molecule has 0 aliphatic rings. The zero-order valence-electron chi connectivity index (χ0n) is 12.0. The minimum Gasteiger partial charge on any atom is -0.310 e. The van der Waals surface area contributed by atoms with Gasteiger partial charge < -0.3 is 5.32 Å². The molecule has 19 heavy (non-hydrogen) atoms. The van der Waals surface area contributed by atoms with E-state index in [9.17, 15) is 0 Å². The maximum Gasteiger partial charge on any atom is 0.0683 e. The second kappa shape index (κ2) is 7.53. The number of nitrogens with one attached hydrogen (secondary N) is 1. The highest BCUT2D eigenvalue weighted by molar-refractivity contribution is 6.30. The number of halogens is 1. The summed E-state index contributed by atoms with van der Waals surface area (Å²) in [6, 6.07) is 10.6. The first kappa shape index (κ1) is 16.0. The Bertz CT molecular complexity index is 417. The molecule has 0 bridgehead atoms. The molecular formula is C16H23ClN2. The Balaban J connectivity index is 2.23. The van der Waals surface area contributed by atoms with Gasteiger partial charge in [-0.1, -0.05) is 30.2 Å². The number of benzene rings is 1. The Kier molecular flexibility index (Phi) is 6.34. The summed E-state index contributed by atoms with van der Waals surface area (Å²) in [6.45, 7) is 7.13. The highest BCUT2D eigenvalue weighted by Gasteiger charge is 2.15. The van der Waals surface area contributed by atoms with Crippen molar-refractivity contribution in [3.8, 4) is 6.07 Å². The molecule has 0 saturated carbocycles. The van der Waals surface area contributed by atoms with Gasteiger partial charge >= 0.3 is 0 Å². The molecule has 1 atom stereocenters. The van der Waals surface area contributed by atoms with Crippen LogP contribution in [0.4, 0.5) is 0 Å². The highest BCUT2D eigenvalue weighted by atomic mass is 35.5. The first-order valence-electron chi connectivity index (χ1n) is 6.85. The number of unbranched alkanes of at least 4 members (excludes halogenated alkanes) is 1. The Labute approximate surface area is 121 Å². The molecule has 0 amide bonds. The van der Waals surface area contributed by atoms with Crippen LogP contribution >= 0.6 is 11.6 Å². The smallest absolute Gasteiger partial charge is 0.0683 e. The van der Waals surface area contributed by atoms with Crippen molar-refractivity contribution in [3.63, 3.8) is 0 Å². The van der Waals surface area contributed by atoms with Crippen molar-refractivity contribution in [1.29, 1.82) is 5.26 Å². The van der Waals surface area contributed by atoms with Crippen molar-refractivity contribution in [2.24, 2.45) is 5.41 Å². The van der Waals surface area contributed by atoms with E-state index in [1.165, 1.54) is 5.56 Å². The van der Waals surface area contributed by atoms with Crippen molar-refractivity contribution < 1.29 is 0 Å². The maximum absolute atomic E-state index is 8.93. The quantitative estimate of drug-likeness (QED) is 0.733. The molecule has 1 N–H and O–H groups in total. The fourth-order valence-corrected chi connectivity index (χ4v) is 2.06. The first-order chi connectivity index (χ1) is 8.94. The van der Waals surface area contributed by atoms with Crippen LogP contribution < -0.4 is 5.32 Å². The van der Waals surface area contributed by atoms with Gasteiger partial charge in [-0.05, 0) is 57.9 Å². The van der Waals surface area contributed by atoms with Gasteiger partial charge in [-0.25, -0.2) is 0 Å². The molecule has 0 unspecified atom stereocenters. The third-order valence-electron chi connectivity index (χ3n) is 3.35. The van der Waals surface area contributed by atoms with Gasteiger partial charge in [0, 0.05) is 11.1 Å². The summed E-state index contributed by atoms with van der Waals surface area (Å²) >= 11 is 5.87. The van der Waals surface area contributed by atoms with Crippen molar-refractivity contribution in [3.05, 3.63) is 34.9 Å². The monoisotopic (exact) mass is 278 g/mol. The number of nitrogens with zero attached hydrogens (tertiary/aromatic N) is 1. The van der Waals surface area contributed by atoms with E-state index in [2.05, 4.69) is 30.4 Å². The lowest BCUT2D eigenvalue weighted by Gasteiger charge is -2.16. The van der Waals surface area contributed by atoms with Crippen LogP contribution in [0.5, 0.6) is 0 Å². The molecule has 104 valence electrons. The summed E-state index contributed by atoms with van der Waals surface area (Å²) in [6.07, 6.45) is 3.14. The molecule has 0 radical (unpaired) electrons. The molecular weight excluding hydrogens is 256 g/mol. The third kappa shape index (κ3) is 6.09. The predicted octanol–water partition coefficient (Wildman–Crippen LogP) is 4.71. The summed E-state index contributed by atoms with van der Waals surface area (Å²) in [5, 5.41) is 13.2. The number of nitriles is 1. The van der Waals surface area contributed by atoms with E-state index < -0.39 is 0 Å². The van der Waals surface area contributed by atoms with Crippen LogP contribution in [-0.2, 0) is 0 Å². The van der Waals surface area contributed by atoms with Gasteiger partial charge in [0.15, 0.2) is 0 Å². The van der Waals surface area contributed by atoms with Crippen LogP contribution in [0.3, 0.4) is 0 Å². The lowest BCUT2D eigenvalue weighted by Crippen LogP contribution is -2.20. The summed E-state index contributed by atoms with van der Waals surface area (Å²) in [7, 11) is 0. The molecule has 0 heterocycles. The summed E-state index contributed by atoms with van der Waals surface area (Å²) in [5.41, 5.74) is 1.06. The highest BCUT2D eigenvalue weighted by Crippen LogP contribution is 2.21. The fourth-order valence-electron chi connectivity index (χ4n) is 1.94. The predicted molar refractivity (Wildman–Crippen MR) is 81.1 cm³/mol. The minimum atomic E-state index is -0.193. The summed E-state index contributed by atoms with van der Waals surface area (Å²) < 4.78 is 0. The molecule has 0 spiro atoms. The van der Waals surface area contributed by atoms with Gasteiger partial charge in [0.05, 0.1) is 11.5 Å². The van der Waals surface area contributed by atoms with Crippen LogP contribution in [0.2, 0.25) is 5.02 Å². The molecule has 1 rings (SSSR count). The van der Waals surface area contributed by atoms with E-state index in [0.717, 1.165) is 30.8 Å². The van der Waals surface area contributed by atoms with E-state index in [1.54, 1.807) is 0 Å². The van der Waals surface area contributed by atoms with Crippen LogP contribution in [0.25, 0.3) is 0 Å². The van der Waals surface area contributed by atoms with Gasteiger partial charge in [0.2, 0.25) is 0 Å². The van der Waals surface area contributed by atoms with E-state index in [0.29, 0.717) is 6.04 Å². The molecule has 1 aromatic rings. The number of rotatable bonds is 7. The molecule has 3 heteroatoms. The van der Waals surface area contributed by atoms with Crippen LogP contribution in [0.1, 0.15) is 51.6 Å². The molecule has 0 aliphatic carbocycles. The first-order valence-corrected chi connectivity index (χ1v) is 7.22. The van der Waals surface area contributed by atoms with E-state index in [-0.39, 0.29) is 5.41 Å². The Morgan fingerprint density at radius 1 is 1.26 bits per heavy atom. The lowest BCUT2D eigenvalue weighted by molar-refractivity contribution is 0.418. The lowest BCUT2D eigenvalue weighted by atomic mass is 9.89. The molecule has 0 aliphatic heterocycles. The Hall–Kier alpha value is -1.04. The average Bonchev–Trinajstić information content (AvgIpc) is 2.39. The summed E-state index contributed by atoms with van der Waals surface area (Å²) in [5.74, 6) is 0. The molecule has 0 saturated heterocycles. The number of hydrogen-bond acceptors (Lipinski definition) is 2. The zero-order chi connectivity index (χ0) is 14.3. The molecule has 2 nitrogen and oxygen atoms in total. The minimum absolute atomic E-state index is 0.193. The van der Waals surface area contributed by atoms with E-state index in [4.69, 9.17) is 16.9 Å². The molecule has 0 aromatic heterocycles. The fraction of sp³-hybridized carbons (Fsp3) is 0.562. The normalized spacial score (nSPS) is 13.0. The summed E-state index contributed by atoms with van der Waals surface area (Å²) in [4.78, 5) is 0. The zero-order valence-corrected chi connectivity index (χ0v) is 12.8. The molecule has 1 aromatic carbocycles. The van der Waals surface area contributed by atoms with Gasteiger partial charge in [-0.3, -0.25) is 0 Å². The van der Waals surface area contributed by atoms with Gasteiger partial charge in [-0.15, -0.1) is 0 Å². The van der Waals surface area contributed by atoms with Crippen molar-refractivity contribution in [1.82, 2.24) is 5.32 Å². The van der Waals surface area contributed by atoms with Gasteiger partial charge in [0.25, 0.3) is 0 Å². The number of hydrogen-bond donors (Lipinski definition) is 1. The SMILES string of the molecule is C[C@@H](NCCCCC(C)(C)C#N)c1ccc(Cl)cc1. The topological polar surface area (TPSA) is 35.8 Å². The van der Waals surface area contributed by atoms with E-state index >= 15 is 0 Å².